The Morgan fingerprint density at radius 3 is 2.66 bits per heavy atom. The number of nitrogens with one attached hydrogen (secondary N) is 1. The molecule has 2 aromatic heterocycles. The van der Waals surface area contributed by atoms with Gasteiger partial charge in [0, 0.05) is 12.7 Å². The topological polar surface area (TPSA) is 136 Å². The number of halogens is 1. The first kappa shape index (κ1) is 20.9. The van der Waals surface area contributed by atoms with Crippen molar-refractivity contribution in [3.63, 3.8) is 0 Å². The molecular formula is C19H22ClN5O4. The van der Waals surface area contributed by atoms with E-state index in [0.29, 0.717) is 41.5 Å². The molecule has 5 N–H and O–H groups in total. The molecule has 0 amide bonds. The van der Waals surface area contributed by atoms with Crippen molar-refractivity contribution in [3.8, 4) is 23.6 Å². The average molecular weight is 420 g/mol. The van der Waals surface area contributed by atoms with Crippen molar-refractivity contribution < 1.29 is 19.7 Å². The van der Waals surface area contributed by atoms with E-state index in [1.54, 1.807) is 12.1 Å². The molecule has 1 aliphatic carbocycles. The van der Waals surface area contributed by atoms with Crippen molar-refractivity contribution in [2.75, 3.05) is 31.9 Å². The molecule has 1 fully saturated rings. The number of hydrogen-bond acceptors (Lipinski definition) is 9. The molecule has 0 unspecified atom stereocenters. The Morgan fingerprint density at radius 1 is 1.21 bits per heavy atom. The molecule has 2 aromatic rings. The van der Waals surface area contributed by atoms with Gasteiger partial charge in [-0.25, -0.2) is 0 Å². The zero-order valence-corrected chi connectivity index (χ0v) is 16.8. The first-order valence-electron chi connectivity index (χ1n) is 8.94. The first-order valence-corrected chi connectivity index (χ1v) is 9.32. The van der Waals surface area contributed by atoms with Crippen molar-refractivity contribution in [3.05, 3.63) is 28.4 Å². The van der Waals surface area contributed by atoms with Crippen LogP contribution in [0.5, 0.6) is 11.8 Å². The minimum absolute atomic E-state index is 0.0127. The van der Waals surface area contributed by atoms with Gasteiger partial charge in [-0.3, -0.25) is 0 Å². The fourth-order valence-electron chi connectivity index (χ4n) is 3.18. The van der Waals surface area contributed by atoms with E-state index in [1.807, 2.05) is 0 Å². The van der Waals surface area contributed by atoms with E-state index in [9.17, 15) is 10.2 Å². The predicted octanol–water partition coefficient (Wildman–Crippen LogP) is 1.07. The number of anilines is 2. The van der Waals surface area contributed by atoms with E-state index in [-0.39, 0.29) is 29.7 Å². The Bertz CT molecular complexity index is 946. The van der Waals surface area contributed by atoms with Crippen LogP contribution in [0.1, 0.15) is 24.0 Å². The SMILES string of the molecule is COc1ccc(C#Cc2c(Cl)nc(N)nc2N[C@@H]2C[C@H](CO)C[C@H]2O)c(OC)n1. The molecule has 0 saturated heterocycles. The average Bonchev–Trinajstić information content (AvgIpc) is 3.06. The van der Waals surface area contributed by atoms with Crippen LogP contribution in [0.2, 0.25) is 5.15 Å². The summed E-state index contributed by atoms with van der Waals surface area (Å²) in [4.78, 5) is 12.3. The third kappa shape index (κ3) is 4.79. The second-order valence-corrected chi connectivity index (χ2v) is 6.95. The van der Waals surface area contributed by atoms with E-state index in [1.165, 1.54) is 14.2 Å². The lowest BCUT2D eigenvalue weighted by Gasteiger charge is -2.18. The highest BCUT2D eigenvalue weighted by molar-refractivity contribution is 6.31. The number of pyridine rings is 1. The lowest BCUT2D eigenvalue weighted by Crippen LogP contribution is -2.29. The molecule has 1 aliphatic rings. The van der Waals surface area contributed by atoms with E-state index in [4.69, 9.17) is 26.8 Å². The zero-order valence-electron chi connectivity index (χ0n) is 16.0. The Kier molecular flexibility index (Phi) is 6.59. The van der Waals surface area contributed by atoms with E-state index in [2.05, 4.69) is 32.1 Å². The quantitative estimate of drug-likeness (QED) is 0.414. The standard InChI is InChI=1S/C19H22ClN5O4/c1-28-15-6-4-11(18(23-15)29-2)3-5-12-16(20)24-19(21)25-17(12)22-13-7-10(9-26)8-14(13)27/h4,6,10,13-14,26-27H,7-9H2,1-2H3,(H3,21,22,24,25)/t10-,13+,14+/m0/s1. The van der Waals surface area contributed by atoms with E-state index >= 15 is 0 Å². The van der Waals surface area contributed by atoms with Crippen LogP contribution in [-0.4, -0.2) is 58.1 Å². The fraction of sp³-hybridized carbons (Fsp3) is 0.421. The van der Waals surface area contributed by atoms with Crippen LogP contribution >= 0.6 is 11.6 Å². The number of aliphatic hydroxyl groups excluding tert-OH is 2. The lowest BCUT2D eigenvalue weighted by atomic mass is 10.1. The highest BCUT2D eigenvalue weighted by Gasteiger charge is 2.33. The van der Waals surface area contributed by atoms with Gasteiger partial charge in [-0.05, 0) is 24.8 Å². The van der Waals surface area contributed by atoms with E-state index in [0.717, 1.165) is 0 Å². The number of nitrogens with two attached hydrogens (primary N) is 1. The van der Waals surface area contributed by atoms with Crippen LogP contribution in [0.25, 0.3) is 0 Å². The number of aromatic nitrogens is 3. The van der Waals surface area contributed by atoms with Gasteiger partial charge in [0.25, 0.3) is 0 Å². The van der Waals surface area contributed by atoms with Crippen LogP contribution in [-0.2, 0) is 0 Å². The number of ether oxygens (including phenoxy) is 2. The fourth-order valence-corrected chi connectivity index (χ4v) is 3.40. The van der Waals surface area contributed by atoms with Crippen LogP contribution in [0.4, 0.5) is 11.8 Å². The Morgan fingerprint density at radius 2 is 2.00 bits per heavy atom. The maximum Gasteiger partial charge on any atom is 0.232 e. The Hall–Kier alpha value is -2.80. The van der Waals surface area contributed by atoms with Gasteiger partial charge in [-0.15, -0.1) is 0 Å². The van der Waals surface area contributed by atoms with Gasteiger partial charge in [0.1, 0.15) is 11.4 Å². The summed E-state index contributed by atoms with van der Waals surface area (Å²) < 4.78 is 10.3. The molecule has 2 heterocycles. The van der Waals surface area contributed by atoms with Crippen molar-refractivity contribution in [2.45, 2.75) is 25.0 Å². The molecule has 9 nitrogen and oxygen atoms in total. The summed E-state index contributed by atoms with van der Waals surface area (Å²) in [7, 11) is 2.99. The van der Waals surface area contributed by atoms with Gasteiger partial charge in [0.05, 0.1) is 31.9 Å². The Labute approximate surface area is 173 Å². The van der Waals surface area contributed by atoms with Gasteiger partial charge in [0.2, 0.25) is 17.7 Å². The molecule has 0 radical (unpaired) electrons. The summed E-state index contributed by atoms with van der Waals surface area (Å²) in [5.41, 5.74) is 6.59. The molecule has 154 valence electrons. The first-order chi connectivity index (χ1) is 13.9. The summed E-state index contributed by atoms with van der Waals surface area (Å²) in [5.74, 6) is 6.90. The molecule has 29 heavy (non-hydrogen) atoms. The molecule has 0 aromatic carbocycles. The molecule has 0 spiro atoms. The van der Waals surface area contributed by atoms with Gasteiger partial charge >= 0.3 is 0 Å². The molecule has 3 atom stereocenters. The second-order valence-electron chi connectivity index (χ2n) is 6.59. The third-order valence-corrected chi connectivity index (χ3v) is 4.92. The predicted molar refractivity (Wildman–Crippen MR) is 108 cm³/mol. The molecule has 10 heteroatoms. The number of nitrogens with zero attached hydrogens (tertiary/aromatic N) is 3. The molecule has 0 bridgehead atoms. The summed E-state index contributed by atoms with van der Waals surface area (Å²) in [5, 5.41) is 22.8. The van der Waals surface area contributed by atoms with Crippen molar-refractivity contribution in [2.24, 2.45) is 5.92 Å². The third-order valence-electron chi connectivity index (χ3n) is 4.65. The summed E-state index contributed by atoms with van der Waals surface area (Å²) >= 11 is 6.26. The lowest BCUT2D eigenvalue weighted by molar-refractivity contribution is 0.157. The number of hydrogen-bond donors (Lipinski definition) is 4. The maximum atomic E-state index is 10.3. The van der Waals surface area contributed by atoms with Crippen molar-refractivity contribution in [1.29, 1.82) is 0 Å². The number of methoxy groups -OCH3 is 2. The second kappa shape index (κ2) is 9.13. The smallest absolute Gasteiger partial charge is 0.232 e. The van der Waals surface area contributed by atoms with Crippen LogP contribution in [0.15, 0.2) is 12.1 Å². The monoisotopic (exact) mass is 419 g/mol. The highest BCUT2D eigenvalue weighted by atomic mass is 35.5. The van der Waals surface area contributed by atoms with Gasteiger partial charge in [-0.1, -0.05) is 23.4 Å². The van der Waals surface area contributed by atoms with Gasteiger partial charge < -0.3 is 30.7 Å². The summed E-state index contributed by atoms with van der Waals surface area (Å²) in [6.07, 6.45) is 0.453. The van der Waals surface area contributed by atoms with Crippen LogP contribution in [0.3, 0.4) is 0 Å². The minimum Gasteiger partial charge on any atom is -0.481 e. The number of nitrogen functional groups attached to an aromatic ring is 1. The zero-order chi connectivity index (χ0) is 21.0. The molecule has 1 saturated carbocycles. The highest BCUT2D eigenvalue weighted by Crippen LogP contribution is 2.30. The number of aliphatic hydroxyl groups is 2. The largest absolute Gasteiger partial charge is 0.481 e. The summed E-state index contributed by atoms with van der Waals surface area (Å²) in [6.45, 7) is 0.0127. The summed E-state index contributed by atoms with van der Waals surface area (Å²) in [6, 6.07) is 3.07. The van der Waals surface area contributed by atoms with Crippen LogP contribution in [0, 0.1) is 17.8 Å². The minimum atomic E-state index is -0.631. The van der Waals surface area contributed by atoms with Crippen LogP contribution < -0.4 is 20.5 Å². The van der Waals surface area contributed by atoms with Gasteiger partial charge in [-0.2, -0.15) is 15.0 Å². The van der Waals surface area contributed by atoms with Crippen molar-refractivity contribution >= 4 is 23.4 Å². The Balaban J connectivity index is 1.94. The normalized spacial score (nSPS) is 20.7. The van der Waals surface area contributed by atoms with Gasteiger partial charge in [0.15, 0.2) is 5.15 Å². The van der Waals surface area contributed by atoms with Crippen molar-refractivity contribution in [1.82, 2.24) is 15.0 Å². The van der Waals surface area contributed by atoms with E-state index < -0.39 is 6.10 Å². The molecule has 3 rings (SSSR count). The molecular weight excluding hydrogens is 398 g/mol. The maximum absolute atomic E-state index is 10.3. The number of rotatable bonds is 5. The molecule has 0 aliphatic heterocycles.